The number of allylic oxidation sites excluding steroid dienone is 8. The van der Waals surface area contributed by atoms with Crippen molar-refractivity contribution in [3.63, 3.8) is 0 Å². The van der Waals surface area contributed by atoms with Crippen molar-refractivity contribution in [3.05, 3.63) is 64.8 Å². The van der Waals surface area contributed by atoms with Crippen molar-refractivity contribution in [2.75, 3.05) is 0 Å². The summed E-state index contributed by atoms with van der Waals surface area (Å²) >= 11 is 1.26. The van der Waals surface area contributed by atoms with E-state index in [1.165, 1.54) is 51.8 Å². The van der Waals surface area contributed by atoms with Gasteiger partial charge in [0.25, 0.3) is 0 Å². The van der Waals surface area contributed by atoms with Crippen molar-refractivity contribution in [1.82, 2.24) is 4.98 Å². The van der Waals surface area contributed by atoms with Crippen LogP contribution in [0.15, 0.2) is 69.8 Å². The van der Waals surface area contributed by atoms with Gasteiger partial charge in [-0.25, -0.2) is 9.98 Å². The maximum absolute atomic E-state index is 12.4. The number of hydrogen-bond donors (Lipinski definition) is 0. The summed E-state index contributed by atoms with van der Waals surface area (Å²) < 4.78 is 41.9. The minimum atomic E-state index is -4.71. The molecular weight excluding hydrogens is 505 g/mol. The molecule has 38 heavy (non-hydrogen) atoms. The molecule has 0 fully saturated rings. The molecule has 1 heterocycles. The topological polar surface area (TPSA) is 34.5 Å². The molecule has 7 heteroatoms. The number of benzene rings is 1. The van der Waals surface area contributed by atoms with Crippen molar-refractivity contribution >= 4 is 32.4 Å². The Hall–Kier alpha value is -2.67. The van der Waals surface area contributed by atoms with Crippen LogP contribution in [0.4, 0.5) is 18.3 Å². The van der Waals surface area contributed by atoms with Crippen LogP contribution < -0.4 is 4.74 Å². The molecule has 2 aromatic rings. The van der Waals surface area contributed by atoms with Gasteiger partial charge in [-0.3, -0.25) is 0 Å². The van der Waals surface area contributed by atoms with E-state index in [0.717, 1.165) is 57.1 Å². The number of fused-ring (bicyclic) bond motifs is 1. The van der Waals surface area contributed by atoms with Gasteiger partial charge in [-0.1, -0.05) is 57.9 Å². The SMILES string of the molecule is CC(C)=CCC/C(C)=C/CC/C(C)=C/CC/C(C)=C/CC/C(C)=N/c1nc2ccc(OC(F)(F)F)cc2s1. The number of thiazole rings is 1. The average Bonchev–Trinajstić information content (AvgIpc) is 3.19. The molecule has 0 atom stereocenters. The number of aliphatic imine (C=N–C) groups is 1. The Morgan fingerprint density at radius 3 is 1.87 bits per heavy atom. The summed E-state index contributed by atoms with van der Waals surface area (Å²) in [5, 5.41) is 0.543. The Bertz CT molecular complexity index is 1200. The van der Waals surface area contributed by atoms with E-state index in [2.05, 4.69) is 73.6 Å². The molecular formula is C31H41F3N2OS. The van der Waals surface area contributed by atoms with Crippen LogP contribution in [0.5, 0.6) is 5.75 Å². The predicted molar refractivity (Wildman–Crippen MR) is 157 cm³/mol. The highest BCUT2D eigenvalue weighted by Crippen LogP contribution is 2.33. The highest BCUT2D eigenvalue weighted by atomic mass is 32.1. The van der Waals surface area contributed by atoms with Gasteiger partial charge in [0.1, 0.15) is 5.75 Å². The summed E-state index contributed by atoms with van der Waals surface area (Å²) in [5.74, 6) is -0.246. The van der Waals surface area contributed by atoms with Gasteiger partial charge in [0.05, 0.1) is 10.2 Å². The van der Waals surface area contributed by atoms with Crippen molar-refractivity contribution in [2.24, 2.45) is 4.99 Å². The number of aromatic nitrogens is 1. The van der Waals surface area contributed by atoms with Crippen molar-refractivity contribution in [2.45, 2.75) is 99.3 Å². The fourth-order valence-corrected chi connectivity index (χ4v) is 4.81. The molecule has 1 aromatic carbocycles. The molecule has 3 nitrogen and oxygen atoms in total. The summed E-state index contributed by atoms with van der Waals surface area (Å²) in [6, 6.07) is 4.14. The lowest BCUT2D eigenvalue weighted by Crippen LogP contribution is -2.16. The van der Waals surface area contributed by atoms with E-state index in [1.807, 2.05) is 6.92 Å². The Labute approximate surface area is 229 Å². The van der Waals surface area contributed by atoms with Gasteiger partial charge < -0.3 is 4.74 Å². The first-order chi connectivity index (χ1) is 17.9. The maximum atomic E-state index is 12.4. The van der Waals surface area contributed by atoms with Crippen LogP contribution in [-0.4, -0.2) is 17.1 Å². The fourth-order valence-electron chi connectivity index (χ4n) is 3.87. The van der Waals surface area contributed by atoms with Crippen molar-refractivity contribution < 1.29 is 17.9 Å². The lowest BCUT2D eigenvalue weighted by Gasteiger charge is -2.07. The highest BCUT2D eigenvalue weighted by Gasteiger charge is 2.31. The van der Waals surface area contributed by atoms with E-state index in [9.17, 15) is 13.2 Å². The molecule has 0 unspecified atom stereocenters. The second-order valence-corrected chi connectivity index (χ2v) is 11.1. The van der Waals surface area contributed by atoms with Crippen molar-refractivity contribution in [1.29, 1.82) is 0 Å². The number of ether oxygens (including phenoxy) is 1. The summed E-state index contributed by atoms with van der Waals surface area (Å²) in [5.41, 5.74) is 7.23. The van der Waals surface area contributed by atoms with Gasteiger partial charge in [0, 0.05) is 11.8 Å². The van der Waals surface area contributed by atoms with E-state index in [-0.39, 0.29) is 5.75 Å². The molecule has 0 saturated carbocycles. The van der Waals surface area contributed by atoms with E-state index in [0.29, 0.717) is 15.3 Å². The molecule has 0 saturated heterocycles. The highest BCUT2D eigenvalue weighted by molar-refractivity contribution is 7.22. The van der Waals surface area contributed by atoms with Gasteiger partial charge in [-0.15, -0.1) is 13.2 Å². The smallest absolute Gasteiger partial charge is 0.406 e. The molecule has 1 aromatic heterocycles. The number of alkyl halides is 3. The van der Waals surface area contributed by atoms with E-state index < -0.39 is 6.36 Å². The van der Waals surface area contributed by atoms with Crippen LogP contribution in [0.3, 0.4) is 0 Å². The molecule has 0 radical (unpaired) electrons. The van der Waals surface area contributed by atoms with Gasteiger partial charge in [0.2, 0.25) is 5.13 Å². The number of nitrogens with zero attached hydrogens (tertiary/aromatic N) is 2. The average molecular weight is 547 g/mol. The third-order valence-electron chi connectivity index (χ3n) is 6.02. The number of rotatable bonds is 14. The Morgan fingerprint density at radius 2 is 1.34 bits per heavy atom. The lowest BCUT2D eigenvalue weighted by molar-refractivity contribution is -0.274. The van der Waals surface area contributed by atoms with Gasteiger partial charge in [0.15, 0.2) is 0 Å². The zero-order valence-corrected chi connectivity index (χ0v) is 24.4. The molecule has 0 aliphatic heterocycles. The molecule has 208 valence electrons. The maximum Gasteiger partial charge on any atom is 0.573 e. The van der Waals surface area contributed by atoms with E-state index >= 15 is 0 Å². The quantitative estimate of drug-likeness (QED) is 0.174. The minimum absolute atomic E-state index is 0.246. The largest absolute Gasteiger partial charge is 0.573 e. The molecule has 0 amide bonds. The van der Waals surface area contributed by atoms with Crippen LogP contribution in [0.1, 0.15) is 92.9 Å². The molecule has 0 N–H and O–H groups in total. The lowest BCUT2D eigenvalue weighted by atomic mass is 10.0. The molecule has 2 rings (SSSR count). The Balaban J connectivity index is 1.75. The molecule has 0 aliphatic rings. The molecule has 0 spiro atoms. The van der Waals surface area contributed by atoms with Crippen molar-refractivity contribution in [3.8, 4) is 5.75 Å². The standard InChI is InChI=1S/C31H41F3N2OS/c1-22(2)11-7-12-23(3)13-8-14-24(4)15-9-16-25(5)17-10-18-26(6)35-30-36-28-20-19-27(21-29(28)38-30)37-31(32,33)34/h11,13,15,17,19-21H,7-10,12,14,16,18H2,1-6H3/b23-13+,24-15+,25-17+,35-26+. The van der Waals surface area contributed by atoms with Crippen LogP contribution in [0.2, 0.25) is 0 Å². The summed E-state index contributed by atoms with van der Waals surface area (Å²) in [6.45, 7) is 12.9. The second-order valence-electron chi connectivity index (χ2n) is 10.1. The number of halogens is 3. The minimum Gasteiger partial charge on any atom is -0.406 e. The third-order valence-corrected chi connectivity index (χ3v) is 6.93. The Morgan fingerprint density at radius 1 is 0.816 bits per heavy atom. The Kier molecular flexibility index (Phi) is 13.0. The predicted octanol–water partition coefficient (Wildman–Crippen LogP) is 11.2. The first kappa shape index (κ1) is 31.5. The summed E-state index contributed by atoms with van der Waals surface area (Å²) in [7, 11) is 0. The zero-order chi connectivity index (χ0) is 28.1. The first-order valence-electron chi connectivity index (χ1n) is 13.2. The molecule has 0 bridgehead atoms. The third kappa shape index (κ3) is 13.2. The zero-order valence-electron chi connectivity index (χ0n) is 23.5. The number of hydrogen-bond acceptors (Lipinski definition) is 4. The fraction of sp³-hybridized carbons (Fsp3) is 0.484. The molecule has 0 aliphatic carbocycles. The second kappa shape index (κ2) is 15.7. The van der Waals surface area contributed by atoms with Crippen LogP contribution in [0, 0.1) is 0 Å². The van der Waals surface area contributed by atoms with E-state index in [1.54, 1.807) is 0 Å². The first-order valence-corrected chi connectivity index (χ1v) is 14.0. The summed E-state index contributed by atoms with van der Waals surface area (Å²) in [6.07, 6.45) is 12.9. The van der Waals surface area contributed by atoms with Gasteiger partial charge in [-0.2, -0.15) is 0 Å². The van der Waals surface area contributed by atoms with E-state index in [4.69, 9.17) is 0 Å². The van der Waals surface area contributed by atoms with Crippen LogP contribution in [-0.2, 0) is 0 Å². The normalized spacial score (nSPS) is 13.8. The summed E-state index contributed by atoms with van der Waals surface area (Å²) in [4.78, 5) is 8.97. The monoisotopic (exact) mass is 546 g/mol. The van der Waals surface area contributed by atoms with Gasteiger partial charge in [-0.05, 0) is 105 Å². The van der Waals surface area contributed by atoms with Crippen LogP contribution >= 0.6 is 11.3 Å². The van der Waals surface area contributed by atoms with Crippen LogP contribution in [0.25, 0.3) is 10.2 Å². The van der Waals surface area contributed by atoms with Gasteiger partial charge >= 0.3 is 6.36 Å².